The Morgan fingerprint density at radius 1 is 1.08 bits per heavy atom. The van der Waals surface area contributed by atoms with Crippen molar-refractivity contribution in [2.45, 2.75) is 19.4 Å². The molecule has 0 spiro atoms. The Labute approximate surface area is 150 Å². The predicted molar refractivity (Wildman–Crippen MR) is 95.4 cm³/mol. The first kappa shape index (κ1) is 16.8. The number of benzene rings is 2. The fourth-order valence-electron chi connectivity index (χ4n) is 2.27. The highest BCUT2D eigenvalue weighted by atomic mass is 35.5. The molecule has 0 aromatic heterocycles. The third-order valence-corrected chi connectivity index (χ3v) is 4.38. The van der Waals surface area contributed by atoms with Gasteiger partial charge in [-0.25, -0.2) is 0 Å². The zero-order valence-electron chi connectivity index (χ0n) is 12.8. The molecule has 6 heteroatoms. The van der Waals surface area contributed by atoms with Crippen LogP contribution < -0.4 is 10.6 Å². The van der Waals surface area contributed by atoms with Crippen molar-refractivity contribution in [2.24, 2.45) is 5.92 Å². The second-order valence-electron chi connectivity index (χ2n) is 5.76. The van der Waals surface area contributed by atoms with Crippen molar-refractivity contribution in [3.63, 3.8) is 0 Å². The molecule has 4 nitrogen and oxygen atoms in total. The van der Waals surface area contributed by atoms with Gasteiger partial charge >= 0.3 is 0 Å². The molecule has 24 heavy (non-hydrogen) atoms. The average molecular weight is 363 g/mol. The Hall–Kier alpha value is -2.04. The van der Waals surface area contributed by atoms with Crippen molar-refractivity contribution < 1.29 is 9.59 Å². The summed E-state index contributed by atoms with van der Waals surface area (Å²) in [5.41, 5.74) is 1.89. The highest BCUT2D eigenvalue weighted by Gasteiger charge is 2.29. The van der Waals surface area contributed by atoms with Crippen LogP contribution in [0, 0.1) is 5.92 Å². The number of halogens is 2. The molecule has 1 aliphatic carbocycles. The van der Waals surface area contributed by atoms with Crippen molar-refractivity contribution in [1.82, 2.24) is 5.32 Å². The van der Waals surface area contributed by atoms with Crippen LogP contribution in [-0.2, 0) is 11.3 Å². The number of rotatable bonds is 5. The maximum absolute atomic E-state index is 12.3. The van der Waals surface area contributed by atoms with E-state index >= 15 is 0 Å². The summed E-state index contributed by atoms with van der Waals surface area (Å²) in [5.74, 6) is -0.0985. The summed E-state index contributed by atoms with van der Waals surface area (Å²) in [7, 11) is 0. The van der Waals surface area contributed by atoms with Crippen LogP contribution in [0.1, 0.15) is 28.8 Å². The summed E-state index contributed by atoms with van der Waals surface area (Å²) >= 11 is 11.9. The zero-order chi connectivity index (χ0) is 17.1. The number of carbonyl (C=O) groups excluding carboxylic acids is 2. The van der Waals surface area contributed by atoms with E-state index in [1.807, 2.05) is 0 Å². The fraction of sp³-hybridized carbons (Fsp3) is 0.222. The van der Waals surface area contributed by atoms with Crippen molar-refractivity contribution in [3.8, 4) is 0 Å². The van der Waals surface area contributed by atoms with Gasteiger partial charge in [-0.15, -0.1) is 0 Å². The van der Waals surface area contributed by atoms with E-state index in [2.05, 4.69) is 10.6 Å². The van der Waals surface area contributed by atoms with Gasteiger partial charge < -0.3 is 10.6 Å². The van der Waals surface area contributed by atoms with Crippen LogP contribution >= 0.6 is 23.2 Å². The molecule has 1 saturated carbocycles. The van der Waals surface area contributed by atoms with E-state index < -0.39 is 0 Å². The molecule has 124 valence electrons. The van der Waals surface area contributed by atoms with Gasteiger partial charge in [0, 0.05) is 33.8 Å². The second kappa shape index (κ2) is 7.24. The quantitative estimate of drug-likeness (QED) is 0.834. The molecule has 1 aliphatic rings. The van der Waals surface area contributed by atoms with Gasteiger partial charge in [-0.2, -0.15) is 0 Å². The number of hydrogen-bond donors (Lipinski definition) is 2. The maximum atomic E-state index is 12.3. The monoisotopic (exact) mass is 362 g/mol. The van der Waals surface area contributed by atoms with Crippen LogP contribution in [0.5, 0.6) is 0 Å². The lowest BCUT2D eigenvalue weighted by molar-refractivity contribution is -0.117. The standard InChI is InChI=1S/C18H16Cl2N2O2/c19-14-7-6-13(16(20)9-14)10-21-17(23)12-2-1-3-15(8-12)22-18(24)11-4-5-11/h1-3,6-9,11H,4-5,10H2,(H,21,23)(H,22,24). The van der Waals surface area contributed by atoms with Crippen LogP contribution in [0.4, 0.5) is 5.69 Å². The van der Waals surface area contributed by atoms with Gasteiger partial charge in [-0.05, 0) is 48.7 Å². The smallest absolute Gasteiger partial charge is 0.251 e. The van der Waals surface area contributed by atoms with Crippen LogP contribution in [0.2, 0.25) is 10.0 Å². The number of carbonyl (C=O) groups is 2. The van der Waals surface area contributed by atoms with E-state index in [1.54, 1.807) is 42.5 Å². The summed E-state index contributed by atoms with van der Waals surface area (Å²) < 4.78 is 0. The van der Waals surface area contributed by atoms with Crippen molar-refractivity contribution >= 4 is 40.7 Å². The summed E-state index contributed by atoms with van der Waals surface area (Å²) in [4.78, 5) is 24.1. The average Bonchev–Trinajstić information content (AvgIpc) is 3.39. The first-order valence-corrected chi connectivity index (χ1v) is 8.41. The van der Waals surface area contributed by atoms with Gasteiger partial charge in [0.1, 0.15) is 0 Å². The topological polar surface area (TPSA) is 58.2 Å². The Balaban J connectivity index is 1.63. The van der Waals surface area contributed by atoms with Crippen LogP contribution in [0.15, 0.2) is 42.5 Å². The molecule has 2 N–H and O–H groups in total. The van der Waals surface area contributed by atoms with E-state index in [4.69, 9.17) is 23.2 Å². The van der Waals surface area contributed by atoms with Gasteiger partial charge in [0.15, 0.2) is 0 Å². The molecule has 0 radical (unpaired) electrons. The van der Waals surface area contributed by atoms with Gasteiger partial charge in [0.25, 0.3) is 5.91 Å². The molecule has 0 heterocycles. The molecular formula is C18H16Cl2N2O2. The second-order valence-corrected chi connectivity index (χ2v) is 6.61. The van der Waals surface area contributed by atoms with Crippen molar-refractivity contribution in [1.29, 1.82) is 0 Å². The molecule has 1 fully saturated rings. The van der Waals surface area contributed by atoms with Crippen LogP contribution in [0.3, 0.4) is 0 Å². The zero-order valence-corrected chi connectivity index (χ0v) is 14.3. The molecule has 2 aromatic rings. The van der Waals surface area contributed by atoms with E-state index in [1.165, 1.54) is 0 Å². The molecule has 0 bridgehead atoms. The Kier molecular flexibility index (Phi) is 5.07. The Bertz CT molecular complexity index is 788. The predicted octanol–water partition coefficient (Wildman–Crippen LogP) is 4.27. The molecule has 2 aromatic carbocycles. The highest BCUT2D eigenvalue weighted by molar-refractivity contribution is 6.35. The lowest BCUT2D eigenvalue weighted by atomic mass is 10.1. The molecule has 3 rings (SSSR count). The van der Waals surface area contributed by atoms with E-state index in [9.17, 15) is 9.59 Å². The summed E-state index contributed by atoms with van der Waals surface area (Å²) in [6.07, 6.45) is 1.88. The van der Waals surface area contributed by atoms with Gasteiger partial charge in [0.05, 0.1) is 0 Å². The van der Waals surface area contributed by atoms with Crippen molar-refractivity contribution in [3.05, 3.63) is 63.6 Å². The van der Waals surface area contributed by atoms with Crippen molar-refractivity contribution in [2.75, 3.05) is 5.32 Å². The molecule has 0 atom stereocenters. The summed E-state index contributed by atoms with van der Waals surface area (Å²) in [6, 6.07) is 12.0. The maximum Gasteiger partial charge on any atom is 0.251 e. The molecule has 0 saturated heterocycles. The lowest BCUT2D eigenvalue weighted by Crippen LogP contribution is -2.23. The van der Waals surface area contributed by atoms with Gasteiger partial charge in [-0.3, -0.25) is 9.59 Å². The largest absolute Gasteiger partial charge is 0.348 e. The first-order chi connectivity index (χ1) is 11.5. The minimum absolute atomic E-state index is 0.0144. The molecule has 2 amide bonds. The number of hydrogen-bond acceptors (Lipinski definition) is 2. The number of nitrogens with one attached hydrogen (secondary N) is 2. The Morgan fingerprint density at radius 3 is 2.58 bits per heavy atom. The van der Waals surface area contributed by atoms with Gasteiger partial charge in [-0.1, -0.05) is 35.3 Å². The Morgan fingerprint density at radius 2 is 1.88 bits per heavy atom. The fourth-order valence-corrected chi connectivity index (χ4v) is 2.75. The highest BCUT2D eigenvalue weighted by Crippen LogP contribution is 2.30. The van der Waals surface area contributed by atoms with E-state index in [-0.39, 0.29) is 17.7 Å². The molecular weight excluding hydrogens is 347 g/mol. The number of amides is 2. The third-order valence-electron chi connectivity index (χ3n) is 3.79. The number of anilines is 1. The lowest BCUT2D eigenvalue weighted by Gasteiger charge is -2.09. The minimum atomic E-state index is -0.233. The van der Waals surface area contributed by atoms with Gasteiger partial charge in [0.2, 0.25) is 5.91 Å². The van der Waals surface area contributed by atoms with E-state index in [0.29, 0.717) is 27.8 Å². The first-order valence-electron chi connectivity index (χ1n) is 7.66. The third kappa shape index (κ3) is 4.28. The van der Waals surface area contributed by atoms with E-state index in [0.717, 1.165) is 18.4 Å². The SMILES string of the molecule is O=C(NCc1ccc(Cl)cc1Cl)c1cccc(NC(=O)C2CC2)c1. The molecule has 0 unspecified atom stereocenters. The summed E-state index contributed by atoms with van der Waals surface area (Å²) in [6.45, 7) is 0.299. The van der Waals surface area contributed by atoms with Crippen LogP contribution in [0.25, 0.3) is 0 Å². The van der Waals surface area contributed by atoms with Crippen LogP contribution in [-0.4, -0.2) is 11.8 Å². The normalized spacial score (nSPS) is 13.4. The minimum Gasteiger partial charge on any atom is -0.348 e. The molecule has 0 aliphatic heterocycles. The summed E-state index contributed by atoms with van der Waals surface area (Å²) in [5, 5.41) is 6.70.